The third kappa shape index (κ3) is 4.85. The van der Waals surface area contributed by atoms with E-state index in [9.17, 15) is 4.79 Å². The number of amides is 1. The Bertz CT molecular complexity index is 917. The molecule has 0 bridgehead atoms. The number of nitrogens with two attached hydrogens (primary N) is 1. The van der Waals surface area contributed by atoms with Crippen molar-refractivity contribution in [1.29, 1.82) is 0 Å². The van der Waals surface area contributed by atoms with Crippen LogP contribution in [-0.4, -0.2) is 12.1 Å². The highest BCUT2D eigenvalue weighted by molar-refractivity contribution is 5.95. The van der Waals surface area contributed by atoms with Gasteiger partial charge in [0.2, 0.25) is 0 Å². The number of hydrogen-bond acceptors (Lipinski definition) is 5. The molecule has 0 aliphatic carbocycles. The van der Waals surface area contributed by atoms with Crippen molar-refractivity contribution >= 4 is 29.2 Å². The Morgan fingerprint density at radius 3 is 2.08 bits per heavy atom. The molecule has 3 aromatic rings. The van der Waals surface area contributed by atoms with Crippen LogP contribution in [0, 0.1) is 0 Å². The zero-order valence-corrected chi connectivity index (χ0v) is 13.9. The number of nitrogens with one attached hydrogen (secondary N) is 1. The summed E-state index contributed by atoms with van der Waals surface area (Å²) in [6.07, 6.45) is 1.56. The molecule has 128 valence electrons. The summed E-state index contributed by atoms with van der Waals surface area (Å²) in [5, 5.41) is 12.3. The summed E-state index contributed by atoms with van der Waals surface area (Å²) in [6.45, 7) is 0. The number of nitrogen functional groups attached to an aromatic ring is 1. The Labute approximate surface area is 151 Å². The first-order chi connectivity index (χ1) is 12.7. The molecule has 26 heavy (non-hydrogen) atoms. The number of nitrogens with zero attached hydrogens (tertiary/aromatic N) is 3. The van der Waals surface area contributed by atoms with E-state index in [0.717, 1.165) is 16.9 Å². The van der Waals surface area contributed by atoms with E-state index >= 15 is 0 Å². The van der Waals surface area contributed by atoms with Gasteiger partial charge in [0.15, 0.2) is 0 Å². The van der Waals surface area contributed by atoms with Crippen molar-refractivity contribution in [2.45, 2.75) is 0 Å². The van der Waals surface area contributed by atoms with Gasteiger partial charge in [0.1, 0.15) is 0 Å². The summed E-state index contributed by atoms with van der Waals surface area (Å²) in [4.78, 5) is 11.9. The molecule has 6 nitrogen and oxygen atoms in total. The van der Waals surface area contributed by atoms with Crippen molar-refractivity contribution in [2.24, 2.45) is 15.3 Å². The Balaban J connectivity index is 1.57. The van der Waals surface area contributed by atoms with Crippen LogP contribution in [0.2, 0.25) is 0 Å². The number of benzene rings is 3. The fourth-order valence-electron chi connectivity index (χ4n) is 2.10. The number of hydrogen-bond donors (Lipinski definition) is 2. The molecule has 3 N–H and O–H groups in total. The van der Waals surface area contributed by atoms with Gasteiger partial charge in [-0.05, 0) is 54.1 Å². The van der Waals surface area contributed by atoms with Crippen molar-refractivity contribution < 1.29 is 4.79 Å². The zero-order chi connectivity index (χ0) is 18.2. The molecule has 6 heteroatoms. The Morgan fingerprint density at radius 1 is 0.808 bits per heavy atom. The minimum atomic E-state index is -0.297. The molecule has 0 fully saturated rings. The first-order valence-electron chi connectivity index (χ1n) is 7.96. The van der Waals surface area contributed by atoms with Gasteiger partial charge in [-0.2, -0.15) is 15.3 Å². The zero-order valence-electron chi connectivity index (χ0n) is 13.9. The number of hydrazone groups is 1. The smallest absolute Gasteiger partial charge is 0.271 e. The molecular formula is C20H17N5O. The van der Waals surface area contributed by atoms with E-state index in [2.05, 4.69) is 20.8 Å². The molecular weight excluding hydrogens is 326 g/mol. The van der Waals surface area contributed by atoms with Crippen molar-refractivity contribution in [3.63, 3.8) is 0 Å². The average Bonchev–Trinajstić information content (AvgIpc) is 2.68. The molecule has 3 aromatic carbocycles. The van der Waals surface area contributed by atoms with Crippen LogP contribution < -0.4 is 11.2 Å². The highest BCUT2D eigenvalue weighted by Crippen LogP contribution is 2.17. The van der Waals surface area contributed by atoms with Crippen LogP contribution in [-0.2, 0) is 0 Å². The van der Waals surface area contributed by atoms with E-state index < -0.39 is 0 Å². The lowest BCUT2D eigenvalue weighted by molar-refractivity contribution is 0.0955. The predicted octanol–water partition coefficient (Wildman–Crippen LogP) is 4.45. The molecule has 1 amide bonds. The lowest BCUT2D eigenvalue weighted by atomic mass is 10.2. The summed E-state index contributed by atoms with van der Waals surface area (Å²) in [5.41, 5.74) is 11.5. The predicted molar refractivity (Wildman–Crippen MR) is 103 cm³/mol. The number of anilines is 1. The van der Waals surface area contributed by atoms with Crippen molar-refractivity contribution in [1.82, 2.24) is 5.43 Å². The number of carbonyl (C=O) groups is 1. The monoisotopic (exact) mass is 343 g/mol. The summed E-state index contributed by atoms with van der Waals surface area (Å²) < 4.78 is 0. The number of carbonyl (C=O) groups excluding carboxylic acids is 1. The minimum absolute atomic E-state index is 0.297. The summed E-state index contributed by atoms with van der Waals surface area (Å²) in [5.74, 6) is -0.297. The van der Waals surface area contributed by atoms with Gasteiger partial charge in [-0.25, -0.2) is 5.43 Å². The maximum atomic E-state index is 11.9. The van der Waals surface area contributed by atoms with Crippen molar-refractivity contribution in [3.05, 3.63) is 90.0 Å². The second-order valence-corrected chi connectivity index (χ2v) is 5.45. The molecule has 0 unspecified atom stereocenters. The summed E-state index contributed by atoms with van der Waals surface area (Å²) in [7, 11) is 0. The first kappa shape index (κ1) is 17.0. The highest BCUT2D eigenvalue weighted by atomic mass is 16.2. The van der Waals surface area contributed by atoms with Crippen molar-refractivity contribution in [3.8, 4) is 0 Å². The van der Waals surface area contributed by atoms with Crippen LogP contribution >= 0.6 is 0 Å². The van der Waals surface area contributed by atoms with Gasteiger partial charge in [-0.1, -0.05) is 30.3 Å². The first-order valence-corrected chi connectivity index (χ1v) is 7.96. The fourth-order valence-corrected chi connectivity index (χ4v) is 2.10. The molecule has 0 saturated carbocycles. The molecule has 0 aromatic heterocycles. The van der Waals surface area contributed by atoms with Gasteiger partial charge in [0.25, 0.3) is 5.91 Å². The molecule has 0 aliphatic rings. The molecule has 0 radical (unpaired) electrons. The maximum absolute atomic E-state index is 11.9. The van der Waals surface area contributed by atoms with Gasteiger partial charge < -0.3 is 5.73 Å². The van der Waals surface area contributed by atoms with Gasteiger partial charge >= 0.3 is 0 Å². The molecule has 0 aliphatic heterocycles. The molecule has 3 rings (SSSR count). The SMILES string of the molecule is Nc1ccc(C(=O)N/N=C/c2ccc(N=Nc3ccccc3)cc2)cc1. The van der Waals surface area contributed by atoms with E-state index in [-0.39, 0.29) is 5.91 Å². The standard InChI is InChI=1S/C20H17N5O/c21-17-10-8-16(9-11-17)20(26)25-22-14-15-6-12-19(13-7-15)24-23-18-4-2-1-3-5-18/h1-14H,21H2,(H,25,26)/b22-14+,24-23?. The van der Waals surface area contributed by atoms with E-state index in [1.165, 1.54) is 0 Å². The molecule has 0 atom stereocenters. The Morgan fingerprint density at radius 2 is 1.42 bits per heavy atom. The second-order valence-electron chi connectivity index (χ2n) is 5.45. The fraction of sp³-hybridized carbons (Fsp3) is 0. The maximum Gasteiger partial charge on any atom is 0.271 e. The average molecular weight is 343 g/mol. The molecule has 0 spiro atoms. The lowest BCUT2D eigenvalue weighted by Gasteiger charge is -2.00. The number of rotatable bonds is 5. The van der Waals surface area contributed by atoms with Gasteiger partial charge in [0, 0.05) is 11.3 Å². The van der Waals surface area contributed by atoms with Crippen LogP contribution in [0.5, 0.6) is 0 Å². The third-order valence-electron chi connectivity index (χ3n) is 3.48. The summed E-state index contributed by atoms with van der Waals surface area (Å²) in [6, 6.07) is 23.5. The summed E-state index contributed by atoms with van der Waals surface area (Å²) >= 11 is 0. The number of azo groups is 1. The molecule has 0 saturated heterocycles. The van der Waals surface area contributed by atoms with Gasteiger partial charge in [-0.3, -0.25) is 4.79 Å². The van der Waals surface area contributed by atoms with E-state index in [0.29, 0.717) is 11.3 Å². The van der Waals surface area contributed by atoms with Gasteiger partial charge in [0.05, 0.1) is 17.6 Å². The Kier molecular flexibility index (Phi) is 5.47. The molecule has 0 heterocycles. The van der Waals surface area contributed by atoms with Crippen LogP contribution in [0.25, 0.3) is 0 Å². The largest absolute Gasteiger partial charge is 0.399 e. The van der Waals surface area contributed by atoms with Crippen LogP contribution in [0.3, 0.4) is 0 Å². The minimum Gasteiger partial charge on any atom is -0.399 e. The Hall–Kier alpha value is -3.80. The van der Waals surface area contributed by atoms with Gasteiger partial charge in [-0.15, -0.1) is 0 Å². The highest BCUT2D eigenvalue weighted by Gasteiger charge is 2.02. The topological polar surface area (TPSA) is 92.2 Å². The van der Waals surface area contributed by atoms with E-state index in [4.69, 9.17) is 5.73 Å². The quantitative estimate of drug-likeness (QED) is 0.310. The van der Waals surface area contributed by atoms with E-state index in [1.807, 2.05) is 54.6 Å². The normalized spacial score (nSPS) is 11.1. The van der Waals surface area contributed by atoms with Crippen LogP contribution in [0.15, 0.2) is 94.2 Å². The van der Waals surface area contributed by atoms with Crippen LogP contribution in [0.1, 0.15) is 15.9 Å². The van der Waals surface area contributed by atoms with Crippen LogP contribution in [0.4, 0.5) is 17.1 Å². The third-order valence-corrected chi connectivity index (χ3v) is 3.48. The lowest BCUT2D eigenvalue weighted by Crippen LogP contribution is -2.17. The second kappa shape index (κ2) is 8.34. The van der Waals surface area contributed by atoms with E-state index in [1.54, 1.807) is 30.5 Å². The van der Waals surface area contributed by atoms with Crippen molar-refractivity contribution in [2.75, 3.05) is 5.73 Å².